The van der Waals surface area contributed by atoms with Crippen molar-refractivity contribution in [3.05, 3.63) is 175 Å². The predicted octanol–water partition coefficient (Wildman–Crippen LogP) is 12.4. The molecule has 47 heavy (non-hydrogen) atoms. The highest BCUT2D eigenvalue weighted by Crippen LogP contribution is 2.55. The number of nitrogens with zero attached hydrogens (tertiary/aromatic N) is 3. The van der Waals surface area contributed by atoms with Gasteiger partial charge in [-0.2, -0.15) is 0 Å². The van der Waals surface area contributed by atoms with Crippen LogP contribution in [-0.4, -0.2) is 9.13 Å². The van der Waals surface area contributed by atoms with Gasteiger partial charge in [-0.1, -0.05) is 115 Å². The third kappa shape index (κ3) is 4.15. The van der Waals surface area contributed by atoms with E-state index in [4.69, 9.17) is 5.32 Å². The molecule has 1 aliphatic rings. The molecule has 1 atom stereocenters. The van der Waals surface area contributed by atoms with Gasteiger partial charge in [-0.25, -0.2) is 0 Å². The van der Waals surface area contributed by atoms with Crippen LogP contribution in [0.15, 0.2) is 169 Å². The molecule has 1 unspecified atom stereocenters. The minimum atomic E-state index is 0.117. The van der Waals surface area contributed by atoms with Gasteiger partial charge in [0.1, 0.15) is 0 Å². The standard InChI is InChI=1S/C43H28N3S/c1-3-11-29(12-4-1)43-44-37-24-21-30(25-42(37)47-43)28-19-22-32(23-20-28)46-39-18-10-8-16-34(39)36-26-35-33-15-7-9-17-38(33)45(40(35)27-41(36)46)31-13-5-2-6-14-31/h1-27,43H/q-1. The molecule has 222 valence electrons. The Kier molecular flexibility index (Phi) is 5.87. The van der Waals surface area contributed by atoms with Crippen LogP contribution in [0, 0.1) is 0 Å². The fourth-order valence-electron chi connectivity index (χ4n) is 7.30. The Hall–Kier alpha value is -5.71. The lowest BCUT2D eigenvalue weighted by Crippen LogP contribution is -1.95. The SMILES string of the molecule is c1ccc(C2[N-]c3ccc(-c4ccc(-n5c6ccccc6c6cc7c8ccccc8n(-c8ccccc8)c7cc65)cc4)cc3S2)cc1. The number of hydrogen-bond acceptors (Lipinski definition) is 1. The van der Waals surface area contributed by atoms with Gasteiger partial charge in [-0.15, -0.1) is 17.4 Å². The molecule has 0 saturated heterocycles. The van der Waals surface area contributed by atoms with Gasteiger partial charge in [-0.3, -0.25) is 0 Å². The predicted molar refractivity (Wildman–Crippen MR) is 199 cm³/mol. The van der Waals surface area contributed by atoms with Crippen molar-refractivity contribution < 1.29 is 0 Å². The molecule has 0 amide bonds. The summed E-state index contributed by atoms with van der Waals surface area (Å²) >= 11 is 1.83. The van der Waals surface area contributed by atoms with Gasteiger partial charge in [0.2, 0.25) is 0 Å². The Labute approximate surface area is 276 Å². The van der Waals surface area contributed by atoms with Crippen molar-refractivity contribution in [2.45, 2.75) is 10.3 Å². The van der Waals surface area contributed by atoms with Gasteiger partial charge in [-0.05, 0) is 76.0 Å². The zero-order valence-corrected chi connectivity index (χ0v) is 26.2. The largest absolute Gasteiger partial charge is 0.668 e. The first-order chi connectivity index (χ1) is 23.3. The number of hydrogen-bond donors (Lipinski definition) is 0. The molecule has 10 rings (SSSR count). The molecule has 4 heteroatoms. The van der Waals surface area contributed by atoms with Crippen LogP contribution in [0.4, 0.5) is 5.69 Å². The van der Waals surface area contributed by atoms with E-state index in [1.807, 2.05) is 11.8 Å². The molecule has 0 bridgehead atoms. The Balaban J connectivity index is 1.11. The quantitative estimate of drug-likeness (QED) is 0.192. The average Bonchev–Trinajstić information content (AvgIpc) is 3.81. The molecule has 3 heterocycles. The monoisotopic (exact) mass is 618 g/mol. The molecule has 0 fully saturated rings. The maximum atomic E-state index is 4.98. The molecule has 1 aliphatic heterocycles. The van der Waals surface area contributed by atoms with Crippen molar-refractivity contribution >= 4 is 61.1 Å². The van der Waals surface area contributed by atoms with Crippen LogP contribution >= 0.6 is 11.8 Å². The second-order valence-corrected chi connectivity index (χ2v) is 13.3. The number of aromatic nitrogens is 2. The van der Waals surface area contributed by atoms with Gasteiger partial charge >= 0.3 is 0 Å². The van der Waals surface area contributed by atoms with Crippen molar-refractivity contribution in [1.82, 2.24) is 9.13 Å². The Bertz CT molecular complexity index is 2620. The van der Waals surface area contributed by atoms with E-state index in [1.54, 1.807) is 0 Å². The summed E-state index contributed by atoms with van der Waals surface area (Å²) in [5.74, 6) is 0. The normalized spacial score (nSPS) is 14.3. The lowest BCUT2D eigenvalue weighted by atomic mass is 10.0. The van der Waals surface area contributed by atoms with E-state index in [0.29, 0.717) is 0 Å². The highest BCUT2D eigenvalue weighted by Gasteiger charge is 2.19. The fourth-order valence-corrected chi connectivity index (χ4v) is 8.43. The van der Waals surface area contributed by atoms with Crippen LogP contribution in [0.1, 0.15) is 10.9 Å². The topological polar surface area (TPSA) is 24.0 Å². The van der Waals surface area contributed by atoms with E-state index >= 15 is 0 Å². The van der Waals surface area contributed by atoms with Crippen molar-refractivity contribution in [3.63, 3.8) is 0 Å². The van der Waals surface area contributed by atoms with Gasteiger partial charge in [0.15, 0.2) is 0 Å². The van der Waals surface area contributed by atoms with Crippen LogP contribution in [0.2, 0.25) is 0 Å². The van der Waals surface area contributed by atoms with Gasteiger partial charge in [0.05, 0.1) is 22.1 Å². The average molecular weight is 619 g/mol. The van der Waals surface area contributed by atoms with Crippen molar-refractivity contribution in [2.24, 2.45) is 0 Å². The van der Waals surface area contributed by atoms with Gasteiger partial charge in [0.25, 0.3) is 0 Å². The van der Waals surface area contributed by atoms with Crippen LogP contribution in [-0.2, 0) is 0 Å². The number of rotatable bonds is 4. The minimum Gasteiger partial charge on any atom is -0.668 e. The smallest absolute Gasteiger partial charge is 0.0562 e. The van der Waals surface area contributed by atoms with Crippen molar-refractivity contribution in [3.8, 4) is 22.5 Å². The molecule has 0 N–H and O–H groups in total. The van der Waals surface area contributed by atoms with E-state index in [-0.39, 0.29) is 5.37 Å². The molecular formula is C43H28N3S-. The third-order valence-corrected chi connectivity index (χ3v) is 10.7. The van der Waals surface area contributed by atoms with E-state index in [9.17, 15) is 0 Å². The first-order valence-electron chi connectivity index (χ1n) is 16.0. The summed E-state index contributed by atoms with van der Waals surface area (Å²) in [6.45, 7) is 0. The molecule has 0 aliphatic carbocycles. The number of benzene rings is 7. The number of fused-ring (bicyclic) bond motifs is 7. The summed E-state index contributed by atoms with van der Waals surface area (Å²) in [5.41, 5.74) is 11.9. The van der Waals surface area contributed by atoms with Crippen molar-refractivity contribution in [1.29, 1.82) is 0 Å². The minimum absolute atomic E-state index is 0.117. The maximum absolute atomic E-state index is 4.98. The van der Waals surface area contributed by atoms with Gasteiger partial charge in [0, 0.05) is 32.9 Å². The highest BCUT2D eigenvalue weighted by molar-refractivity contribution is 8.00. The van der Waals surface area contributed by atoms with E-state index in [0.717, 1.165) is 11.4 Å². The first kappa shape index (κ1) is 26.5. The Morgan fingerprint density at radius 1 is 0.426 bits per heavy atom. The summed E-state index contributed by atoms with van der Waals surface area (Å²) in [6.07, 6.45) is 0. The maximum Gasteiger partial charge on any atom is 0.0562 e. The molecule has 0 radical (unpaired) electrons. The second kappa shape index (κ2) is 10.4. The molecule has 9 aromatic rings. The summed E-state index contributed by atoms with van der Waals surface area (Å²) in [6, 6.07) is 59.2. The molecular weight excluding hydrogens is 591 g/mol. The summed E-state index contributed by atoms with van der Waals surface area (Å²) in [7, 11) is 0. The summed E-state index contributed by atoms with van der Waals surface area (Å²) < 4.78 is 4.82. The molecule has 0 spiro atoms. The summed E-state index contributed by atoms with van der Waals surface area (Å²) in [4.78, 5) is 1.24. The zero-order valence-electron chi connectivity index (χ0n) is 25.4. The zero-order chi connectivity index (χ0) is 30.9. The van der Waals surface area contributed by atoms with Crippen LogP contribution in [0.5, 0.6) is 0 Å². The van der Waals surface area contributed by atoms with E-state index in [2.05, 4.69) is 173 Å². The Morgan fingerprint density at radius 3 is 1.64 bits per heavy atom. The highest BCUT2D eigenvalue weighted by atomic mass is 32.2. The number of thioether (sulfide) groups is 1. The second-order valence-electron chi connectivity index (χ2n) is 12.2. The number of para-hydroxylation sites is 3. The first-order valence-corrected chi connectivity index (χ1v) is 16.9. The van der Waals surface area contributed by atoms with Crippen LogP contribution < -0.4 is 0 Å². The molecule has 2 aromatic heterocycles. The lowest BCUT2D eigenvalue weighted by molar-refractivity contribution is 1.16. The molecule has 0 saturated carbocycles. The molecule has 3 nitrogen and oxygen atoms in total. The summed E-state index contributed by atoms with van der Waals surface area (Å²) in [5, 5.41) is 10.2. The third-order valence-electron chi connectivity index (χ3n) is 9.48. The van der Waals surface area contributed by atoms with E-state index < -0.39 is 0 Å². The Morgan fingerprint density at radius 2 is 0.979 bits per heavy atom. The van der Waals surface area contributed by atoms with Gasteiger partial charge < -0.3 is 14.5 Å². The van der Waals surface area contributed by atoms with Crippen LogP contribution in [0.25, 0.3) is 71.4 Å². The van der Waals surface area contributed by atoms with Crippen molar-refractivity contribution in [2.75, 3.05) is 0 Å². The van der Waals surface area contributed by atoms with Crippen LogP contribution in [0.3, 0.4) is 0 Å². The lowest BCUT2D eigenvalue weighted by Gasteiger charge is -2.23. The molecule has 7 aromatic carbocycles. The van der Waals surface area contributed by atoms with E-state index in [1.165, 1.54) is 70.9 Å². The fraction of sp³-hybridized carbons (Fsp3) is 0.0233.